The van der Waals surface area contributed by atoms with Gasteiger partial charge in [-0.15, -0.1) is 0 Å². The van der Waals surface area contributed by atoms with Gasteiger partial charge in [-0.1, -0.05) is 20.3 Å². The number of hydrogen-bond donors (Lipinski definition) is 1. The van der Waals surface area contributed by atoms with Crippen molar-refractivity contribution in [2.75, 3.05) is 20.1 Å². The molecule has 0 radical (unpaired) electrons. The molecule has 2 aliphatic carbocycles. The molecule has 106 valence electrons. The minimum absolute atomic E-state index is 0.791. The van der Waals surface area contributed by atoms with Crippen molar-refractivity contribution in [2.24, 2.45) is 11.8 Å². The van der Waals surface area contributed by atoms with Crippen LogP contribution in [0.2, 0.25) is 0 Å². The van der Waals surface area contributed by atoms with Gasteiger partial charge in [0, 0.05) is 18.6 Å². The van der Waals surface area contributed by atoms with Crippen molar-refractivity contribution in [3.63, 3.8) is 0 Å². The van der Waals surface area contributed by atoms with E-state index < -0.39 is 0 Å². The van der Waals surface area contributed by atoms with Gasteiger partial charge >= 0.3 is 0 Å². The van der Waals surface area contributed by atoms with Gasteiger partial charge in [0.1, 0.15) is 0 Å². The molecule has 2 aliphatic rings. The molecule has 0 aromatic rings. The highest BCUT2D eigenvalue weighted by atomic mass is 15.1. The molecule has 2 rings (SSSR count). The Hall–Kier alpha value is -0.0800. The van der Waals surface area contributed by atoms with Crippen LogP contribution in [0.15, 0.2) is 0 Å². The van der Waals surface area contributed by atoms with Crippen molar-refractivity contribution in [3.8, 4) is 0 Å². The minimum Gasteiger partial charge on any atom is -0.314 e. The summed E-state index contributed by atoms with van der Waals surface area (Å²) in [6, 6.07) is 1.72. The van der Waals surface area contributed by atoms with Gasteiger partial charge in [0.15, 0.2) is 0 Å². The van der Waals surface area contributed by atoms with E-state index in [0.717, 1.165) is 23.9 Å². The molecule has 2 fully saturated rings. The Labute approximate surface area is 114 Å². The molecule has 0 aliphatic heterocycles. The number of rotatable bonds is 7. The Morgan fingerprint density at radius 3 is 2.33 bits per heavy atom. The summed E-state index contributed by atoms with van der Waals surface area (Å²) in [7, 11) is 2.34. The summed E-state index contributed by atoms with van der Waals surface area (Å²) in [5.41, 5.74) is 0. The van der Waals surface area contributed by atoms with Crippen LogP contribution >= 0.6 is 0 Å². The van der Waals surface area contributed by atoms with Crippen LogP contribution in [0, 0.1) is 11.8 Å². The lowest BCUT2D eigenvalue weighted by molar-refractivity contribution is 0.146. The summed E-state index contributed by atoms with van der Waals surface area (Å²) in [4.78, 5) is 2.63. The maximum absolute atomic E-state index is 3.65. The predicted octanol–water partition coefficient (Wildman–Crippen LogP) is 3.28. The quantitative estimate of drug-likeness (QED) is 0.748. The molecule has 2 saturated carbocycles. The van der Waals surface area contributed by atoms with E-state index in [1.807, 2.05) is 0 Å². The number of nitrogens with one attached hydrogen (secondary N) is 1. The van der Waals surface area contributed by atoms with Crippen LogP contribution in [-0.2, 0) is 0 Å². The van der Waals surface area contributed by atoms with Crippen LogP contribution in [0.5, 0.6) is 0 Å². The SMILES string of the molecule is CCC1CCC(N(C)CC(C)CNC2CC2)CC1. The predicted molar refractivity (Wildman–Crippen MR) is 78.9 cm³/mol. The number of nitrogens with zero attached hydrogens (tertiary/aromatic N) is 1. The summed E-state index contributed by atoms with van der Waals surface area (Å²) in [5, 5.41) is 3.65. The van der Waals surface area contributed by atoms with E-state index in [9.17, 15) is 0 Å². The summed E-state index contributed by atoms with van der Waals surface area (Å²) in [6.07, 6.45) is 9.97. The Kier molecular flexibility index (Phi) is 5.50. The van der Waals surface area contributed by atoms with Crippen molar-refractivity contribution < 1.29 is 0 Å². The first-order valence-corrected chi connectivity index (χ1v) is 8.12. The zero-order valence-electron chi connectivity index (χ0n) is 12.6. The van der Waals surface area contributed by atoms with Crippen molar-refractivity contribution in [2.45, 2.75) is 70.9 Å². The van der Waals surface area contributed by atoms with E-state index in [2.05, 4.69) is 31.1 Å². The van der Waals surface area contributed by atoms with E-state index in [-0.39, 0.29) is 0 Å². The largest absolute Gasteiger partial charge is 0.314 e. The first-order chi connectivity index (χ1) is 8.69. The lowest BCUT2D eigenvalue weighted by Gasteiger charge is -2.35. The van der Waals surface area contributed by atoms with Gasteiger partial charge in [0.25, 0.3) is 0 Å². The fourth-order valence-corrected chi connectivity index (χ4v) is 3.35. The van der Waals surface area contributed by atoms with E-state index in [1.165, 1.54) is 58.0 Å². The first-order valence-electron chi connectivity index (χ1n) is 8.12. The fraction of sp³-hybridized carbons (Fsp3) is 1.00. The smallest absolute Gasteiger partial charge is 0.00925 e. The molecular weight excluding hydrogens is 220 g/mol. The van der Waals surface area contributed by atoms with Crippen molar-refractivity contribution in [1.82, 2.24) is 10.2 Å². The summed E-state index contributed by atoms with van der Waals surface area (Å²) in [6.45, 7) is 7.21. The van der Waals surface area contributed by atoms with Crippen LogP contribution in [0.25, 0.3) is 0 Å². The second kappa shape index (κ2) is 6.91. The maximum atomic E-state index is 3.65. The molecule has 0 saturated heterocycles. The van der Waals surface area contributed by atoms with Gasteiger partial charge < -0.3 is 10.2 Å². The molecule has 0 bridgehead atoms. The molecule has 18 heavy (non-hydrogen) atoms. The standard InChI is InChI=1S/C16H32N2/c1-4-14-5-9-16(10-6-14)18(3)12-13(2)11-17-15-7-8-15/h13-17H,4-12H2,1-3H3. The van der Waals surface area contributed by atoms with Gasteiger partial charge in [-0.3, -0.25) is 0 Å². The Bertz CT molecular complexity index is 229. The normalized spacial score (nSPS) is 30.7. The fourth-order valence-electron chi connectivity index (χ4n) is 3.35. The highest BCUT2D eigenvalue weighted by Crippen LogP contribution is 2.29. The van der Waals surface area contributed by atoms with Crippen molar-refractivity contribution >= 4 is 0 Å². The van der Waals surface area contributed by atoms with Gasteiger partial charge in [0.2, 0.25) is 0 Å². The molecular formula is C16H32N2. The highest BCUT2D eigenvalue weighted by Gasteiger charge is 2.25. The van der Waals surface area contributed by atoms with E-state index in [0.29, 0.717) is 0 Å². The summed E-state index contributed by atoms with van der Waals surface area (Å²) < 4.78 is 0. The topological polar surface area (TPSA) is 15.3 Å². The zero-order chi connectivity index (χ0) is 13.0. The Balaban J connectivity index is 1.62. The average molecular weight is 252 g/mol. The second-order valence-corrected chi connectivity index (χ2v) is 6.81. The molecule has 1 N–H and O–H groups in total. The van der Waals surface area contributed by atoms with Gasteiger partial charge in [-0.2, -0.15) is 0 Å². The molecule has 0 spiro atoms. The third-order valence-corrected chi connectivity index (χ3v) is 4.95. The maximum Gasteiger partial charge on any atom is 0.00925 e. The first kappa shape index (κ1) is 14.3. The van der Waals surface area contributed by atoms with Crippen LogP contribution in [0.1, 0.15) is 58.8 Å². The third-order valence-electron chi connectivity index (χ3n) is 4.95. The summed E-state index contributed by atoms with van der Waals surface area (Å²) in [5.74, 6) is 1.81. The molecule has 0 aromatic carbocycles. The van der Waals surface area contributed by atoms with Crippen LogP contribution in [0.4, 0.5) is 0 Å². The lowest BCUT2D eigenvalue weighted by atomic mass is 9.84. The van der Waals surface area contributed by atoms with Crippen molar-refractivity contribution in [1.29, 1.82) is 0 Å². The third kappa shape index (κ3) is 4.55. The molecule has 2 heteroatoms. The van der Waals surface area contributed by atoms with Crippen molar-refractivity contribution in [3.05, 3.63) is 0 Å². The molecule has 1 unspecified atom stereocenters. The number of hydrogen-bond acceptors (Lipinski definition) is 2. The van der Waals surface area contributed by atoms with E-state index >= 15 is 0 Å². The monoisotopic (exact) mass is 252 g/mol. The van der Waals surface area contributed by atoms with Crippen LogP contribution in [0.3, 0.4) is 0 Å². The highest BCUT2D eigenvalue weighted by molar-refractivity contribution is 4.83. The van der Waals surface area contributed by atoms with Gasteiger partial charge in [-0.05, 0) is 64.0 Å². The molecule has 2 nitrogen and oxygen atoms in total. The molecule has 0 aromatic heterocycles. The molecule has 0 amide bonds. The Morgan fingerprint density at radius 2 is 1.78 bits per heavy atom. The average Bonchev–Trinajstić information content (AvgIpc) is 3.20. The molecule has 0 heterocycles. The van der Waals surface area contributed by atoms with Gasteiger partial charge in [-0.25, -0.2) is 0 Å². The van der Waals surface area contributed by atoms with Crippen LogP contribution < -0.4 is 5.32 Å². The van der Waals surface area contributed by atoms with E-state index in [4.69, 9.17) is 0 Å². The Morgan fingerprint density at radius 1 is 1.11 bits per heavy atom. The van der Waals surface area contributed by atoms with Gasteiger partial charge in [0.05, 0.1) is 0 Å². The van der Waals surface area contributed by atoms with E-state index in [1.54, 1.807) is 0 Å². The van der Waals surface area contributed by atoms with Crippen LogP contribution in [-0.4, -0.2) is 37.1 Å². The summed E-state index contributed by atoms with van der Waals surface area (Å²) >= 11 is 0. The zero-order valence-corrected chi connectivity index (χ0v) is 12.6. The second-order valence-electron chi connectivity index (χ2n) is 6.81. The minimum atomic E-state index is 0.791. The lowest BCUT2D eigenvalue weighted by Crippen LogP contribution is -2.39. The molecule has 1 atom stereocenters.